The van der Waals surface area contributed by atoms with Crippen molar-refractivity contribution in [2.24, 2.45) is 0 Å². The summed E-state index contributed by atoms with van der Waals surface area (Å²) in [5.74, 6) is 0.125. The van der Waals surface area contributed by atoms with Gasteiger partial charge in [0.15, 0.2) is 0 Å². The molecule has 1 aliphatic heterocycles. The van der Waals surface area contributed by atoms with Gasteiger partial charge in [0.1, 0.15) is 5.88 Å². The van der Waals surface area contributed by atoms with Crippen molar-refractivity contribution in [2.45, 2.75) is 27.7 Å². The van der Waals surface area contributed by atoms with Crippen LogP contribution >= 0.6 is 11.6 Å². The van der Waals surface area contributed by atoms with Crippen LogP contribution in [-0.4, -0.2) is 42.9 Å². The number of amides is 1. The van der Waals surface area contributed by atoms with Crippen molar-refractivity contribution in [3.05, 3.63) is 30.3 Å². The first-order valence-corrected chi connectivity index (χ1v) is 7.98. The topological polar surface area (TPSA) is 23.6 Å². The minimum Gasteiger partial charge on any atom is -0.368 e. The maximum Gasteiger partial charge on any atom is 0.237 e. The number of nitrogens with zero attached hydrogens (tertiary/aromatic N) is 2. The number of halogens is 1. The third kappa shape index (κ3) is 5.83. The summed E-state index contributed by atoms with van der Waals surface area (Å²) >= 11 is 5.53. The van der Waals surface area contributed by atoms with E-state index in [-0.39, 0.29) is 11.8 Å². The largest absolute Gasteiger partial charge is 0.368 e. The molecule has 114 valence electrons. The maximum atomic E-state index is 11.4. The average Bonchev–Trinajstić information content (AvgIpc) is 2.59. The lowest BCUT2D eigenvalue weighted by atomic mass is 10.2. The summed E-state index contributed by atoms with van der Waals surface area (Å²) in [5.41, 5.74) is 1.22. The molecule has 0 bridgehead atoms. The molecule has 0 N–H and O–H groups in total. The lowest BCUT2D eigenvalue weighted by Gasteiger charge is -2.35. The molecule has 1 aliphatic rings. The van der Waals surface area contributed by atoms with Gasteiger partial charge in [-0.15, -0.1) is 11.6 Å². The highest BCUT2D eigenvalue weighted by Gasteiger charge is 2.20. The Kier molecular flexibility index (Phi) is 10.9. The van der Waals surface area contributed by atoms with Crippen LogP contribution in [0.2, 0.25) is 0 Å². The van der Waals surface area contributed by atoms with E-state index >= 15 is 0 Å². The lowest BCUT2D eigenvalue weighted by molar-refractivity contribution is -0.128. The van der Waals surface area contributed by atoms with Crippen molar-refractivity contribution in [1.82, 2.24) is 4.90 Å². The molecule has 1 amide bonds. The molecule has 0 radical (unpaired) electrons. The molecular weight excluding hydrogens is 272 g/mol. The molecule has 0 spiro atoms. The third-order valence-electron chi connectivity index (χ3n) is 2.87. The number of hydrogen-bond acceptors (Lipinski definition) is 2. The second-order valence-electron chi connectivity index (χ2n) is 3.84. The molecule has 3 nitrogen and oxygen atoms in total. The molecule has 1 heterocycles. The van der Waals surface area contributed by atoms with E-state index in [1.807, 2.05) is 50.8 Å². The molecule has 0 atom stereocenters. The van der Waals surface area contributed by atoms with Crippen LogP contribution < -0.4 is 4.90 Å². The zero-order valence-electron chi connectivity index (χ0n) is 13.1. The van der Waals surface area contributed by atoms with E-state index in [9.17, 15) is 4.79 Å². The summed E-state index contributed by atoms with van der Waals surface area (Å²) in [4.78, 5) is 15.5. The van der Waals surface area contributed by atoms with Crippen LogP contribution in [0.1, 0.15) is 27.7 Å². The van der Waals surface area contributed by atoms with E-state index < -0.39 is 0 Å². The van der Waals surface area contributed by atoms with Gasteiger partial charge in [0, 0.05) is 31.9 Å². The number of alkyl halides is 1. The molecule has 1 aromatic carbocycles. The van der Waals surface area contributed by atoms with Gasteiger partial charge in [-0.2, -0.15) is 0 Å². The van der Waals surface area contributed by atoms with Crippen molar-refractivity contribution >= 4 is 23.2 Å². The smallest absolute Gasteiger partial charge is 0.237 e. The Labute approximate surface area is 128 Å². The Morgan fingerprint density at radius 2 is 1.50 bits per heavy atom. The predicted octanol–water partition coefficient (Wildman–Crippen LogP) is 3.63. The molecule has 0 aromatic heterocycles. The minimum atomic E-state index is 0.0365. The summed E-state index contributed by atoms with van der Waals surface area (Å²) < 4.78 is 0. The molecule has 1 fully saturated rings. The fourth-order valence-electron chi connectivity index (χ4n) is 1.94. The van der Waals surface area contributed by atoms with Crippen molar-refractivity contribution in [1.29, 1.82) is 0 Å². The van der Waals surface area contributed by atoms with E-state index in [0.29, 0.717) is 0 Å². The maximum absolute atomic E-state index is 11.4. The van der Waals surface area contributed by atoms with Crippen LogP contribution in [0, 0.1) is 0 Å². The molecule has 0 aliphatic carbocycles. The zero-order chi connectivity index (χ0) is 15.4. The van der Waals surface area contributed by atoms with Gasteiger partial charge >= 0.3 is 0 Å². The molecule has 0 saturated carbocycles. The van der Waals surface area contributed by atoms with Gasteiger partial charge in [-0.1, -0.05) is 45.9 Å². The van der Waals surface area contributed by atoms with Gasteiger partial charge in [0.05, 0.1) is 0 Å². The highest BCUT2D eigenvalue weighted by molar-refractivity contribution is 6.27. The SMILES string of the molecule is CC.CC.O=C(CCl)N1CCN(c2ccccc2)CC1. The Morgan fingerprint density at radius 1 is 1.00 bits per heavy atom. The Morgan fingerprint density at radius 3 is 1.95 bits per heavy atom. The number of benzene rings is 1. The van der Waals surface area contributed by atoms with Gasteiger partial charge < -0.3 is 9.80 Å². The van der Waals surface area contributed by atoms with Crippen molar-refractivity contribution < 1.29 is 4.79 Å². The fraction of sp³-hybridized carbons (Fsp3) is 0.562. The number of piperazine rings is 1. The molecule has 0 unspecified atom stereocenters. The van der Waals surface area contributed by atoms with Crippen molar-refractivity contribution in [2.75, 3.05) is 37.0 Å². The standard InChI is InChI=1S/C12H15ClN2O.2C2H6/c13-10-12(16)15-8-6-14(7-9-15)11-4-2-1-3-5-11;2*1-2/h1-5H,6-10H2;2*1-2H3. The van der Waals surface area contributed by atoms with Crippen LogP contribution in [0.15, 0.2) is 30.3 Å². The number of anilines is 1. The minimum absolute atomic E-state index is 0.0365. The monoisotopic (exact) mass is 298 g/mol. The number of rotatable bonds is 2. The number of hydrogen-bond donors (Lipinski definition) is 0. The van der Waals surface area contributed by atoms with Gasteiger partial charge in [-0.3, -0.25) is 4.79 Å². The van der Waals surface area contributed by atoms with Gasteiger partial charge in [0.2, 0.25) is 5.91 Å². The summed E-state index contributed by atoms with van der Waals surface area (Å²) in [6, 6.07) is 10.3. The van der Waals surface area contributed by atoms with E-state index in [1.165, 1.54) is 5.69 Å². The summed E-state index contributed by atoms with van der Waals surface area (Å²) in [6.07, 6.45) is 0. The molecule has 4 heteroatoms. The third-order valence-corrected chi connectivity index (χ3v) is 3.10. The van der Waals surface area contributed by atoms with Crippen LogP contribution in [0.25, 0.3) is 0 Å². The molecule has 2 rings (SSSR count). The number of carbonyl (C=O) groups excluding carboxylic acids is 1. The Balaban J connectivity index is 0.000000829. The first kappa shape index (κ1) is 18.8. The van der Waals surface area contributed by atoms with Gasteiger partial charge in [-0.25, -0.2) is 0 Å². The summed E-state index contributed by atoms with van der Waals surface area (Å²) in [7, 11) is 0. The molecule has 20 heavy (non-hydrogen) atoms. The molecule has 1 saturated heterocycles. The highest BCUT2D eigenvalue weighted by atomic mass is 35.5. The second-order valence-corrected chi connectivity index (χ2v) is 4.10. The van der Waals surface area contributed by atoms with E-state index in [0.717, 1.165) is 26.2 Å². The van der Waals surface area contributed by atoms with Crippen LogP contribution in [-0.2, 0) is 4.79 Å². The molecule has 1 aromatic rings. The van der Waals surface area contributed by atoms with Crippen LogP contribution in [0.3, 0.4) is 0 Å². The quantitative estimate of drug-likeness (QED) is 0.779. The Hall–Kier alpha value is -1.22. The van der Waals surface area contributed by atoms with Crippen molar-refractivity contribution in [3.8, 4) is 0 Å². The fourth-order valence-corrected chi connectivity index (χ4v) is 2.11. The van der Waals surface area contributed by atoms with E-state index in [1.54, 1.807) is 0 Å². The summed E-state index contributed by atoms with van der Waals surface area (Å²) in [5, 5.41) is 0. The van der Waals surface area contributed by atoms with E-state index in [4.69, 9.17) is 11.6 Å². The number of para-hydroxylation sites is 1. The van der Waals surface area contributed by atoms with Gasteiger partial charge in [-0.05, 0) is 12.1 Å². The molecular formula is C16H27ClN2O. The lowest BCUT2D eigenvalue weighted by Crippen LogP contribution is -2.49. The van der Waals surface area contributed by atoms with Crippen LogP contribution in [0.4, 0.5) is 5.69 Å². The first-order chi connectivity index (χ1) is 9.81. The summed E-state index contributed by atoms with van der Waals surface area (Å²) in [6.45, 7) is 11.3. The zero-order valence-corrected chi connectivity index (χ0v) is 13.9. The van der Waals surface area contributed by atoms with Crippen LogP contribution in [0.5, 0.6) is 0 Å². The highest BCUT2D eigenvalue weighted by Crippen LogP contribution is 2.15. The van der Waals surface area contributed by atoms with Gasteiger partial charge in [0.25, 0.3) is 0 Å². The van der Waals surface area contributed by atoms with Crippen molar-refractivity contribution in [3.63, 3.8) is 0 Å². The van der Waals surface area contributed by atoms with E-state index in [2.05, 4.69) is 17.0 Å². The average molecular weight is 299 g/mol. The number of carbonyl (C=O) groups is 1. The first-order valence-electron chi connectivity index (χ1n) is 7.45. The second kappa shape index (κ2) is 11.6. The Bertz CT molecular complexity index is 349. The normalized spacial score (nSPS) is 13.7. The predicted molar refractivity (Wildman–Crippen MR) is 88.7 cm³/mol.